The van der Waals surface area contributed by atoms with Crippen LogP contribution < -0.4 is 11.1 Å². The minimum Gasteiger partial charge on any atom is -0.368 e. The van der Waals surface area contributed by atoms with Gasteiger partial charge in [-0.15, -0.1) is 0 Å². The Morgan fingerprint density at radius 2 is 2.19 bits per heavy atom. The van der Waals surface area contributed by atoms with E-state index >= 15 is 0 Å². The van der Waals surface area contributed by atoms with Crippen molar-refractivity contribution in [1.82, 2.24) is 15.3 Å². The molecule has 0 radical (unpaired) electrons. The van der Waals surface area contributed by atoms with Crippen molar-refractivity contribution in [3.63, 3.8) is 0 Å². The number of nitrogens with zero attached hydrogens (tertiary/aromatic N) is 2. The molecule has 16 heavy (non-hydrogen) atoms. The third-order valence-electron chi connectivity index (χ3n) is 1.56. The van der Waals surface area contributed by atoms with Crippen molar-refractivity contribution in [2.45, 2.75) is 6.18 Å². The number of halogens is 3. The molecule has 0 aliphatic carbocycles. The van der Waals surface area contributed by atoms with Gasteiger partial charge < -0.3 is 11.1 Å². The van der Waals surface area contributed by atoms with E-state index in [2.05, 4.69) is 27.1 Å². The Morgan fingerprint density at radius 3 is 2.75 bits per heavy atom. The molecule has 86 valence electrons. The average Bonchev–Trinajstić information content (AvgIpc) is 2.19. The van der Waals surface area contributed by atoms with Gasteiger partial charge >= 0.3 is 6.18 Å². The number of nitrogens with one attached hydrogen (secondary N) is 1. The molecule has 0 aliphatic rings. The van der Waals surface area contributed by atoms with Crippen LogP contribution in [0.5, 0.6) is 0 Å². The molecule has 0 aromatic carbocycles. The van der Waals surface area contributed by atoms with Crippen LogP contribution in [0.2, 0.25) is 0 Å². The van der Waals surface area contributed by atoms with Crippen LogP contribution in [0.15, 0.2) is 6.20 Å². The number of rotatable bonds is 1. The highest BCUT2D eigenvalue weighted by Gasteiger charge is 2.35. The lowest BCUT2D eigenvalue weighted by Crippen LogP contribution is -2.13. The van der Waals surface area contributed by atoms with Crippen molar-refractivity contribution in [3.8, 4) is 11.8 Å². The summed E-state index contributed by atoms with van der Waals surface area (Å²) in [6.07, 6.45) is -3.62. The summed E-state index contributed by atoms with van der Waals surface area (Å²) in [6.45, 7) is 0.279. The molecule has 0 fully saturated rings. The van der Waals surface area contributed by atoms with E-state index in [0.29, 0.717) is 0 Å². The predicted octanol–water partition coefficient (Wildman–Crippen LogP) is 0.649. The molecule has 1 heterocycles. The Kier molecular flexibility index (Phi) is 3.68. The molecule has 0 unspecified atom stereocenters. The standard InChI is InChI=1S/C9H9F3N4/c1-14-4-2-3-6-5-15-8(13)16-7(6)9(10,11)12/h5,14H,4H2,1H3,(H2,13,15,16). The molecule has 3 N–H and O–H groups in total. The van der Waals surface area contributed by atoms with Crippen LogP contribution in [-0.4, -0.2) is 23.6 Å². The molecule has 0 saturated heterocycles. The zero-order chi connectivity index (χ0) is 12.2. The van der Waals surface area contributed by atoms with Crippen molar-refractivity contribution < 1.29 is 13.2 Å². The van der Waals surface area contributed by atoms with Gasteiger partial charge in [0.25, 0.3) is 0 Å². The Morgan fingerprint density at radius 1 is 1.50 bits per heavy atom. The molecule has 4 nitrogen and oxygen atoms in total. The fourth-order valence-corrected chi connectivity index (χ4v) is 0.931. The summed E-state index contributed by atoms with van der Waals surface area (Å²) in [6, 6.07) is 0. The molecular formula is C9H9F3N4. The van der Waals surface area contributed by atoms with E-state index < -0.39 is 17.8 Å². The van der Waals surface area contributed by atoms with Gasteiger partial charge in [-0.3, -0.25) is 0 Å². The number of nitrogens with two attached hydrogens (primary N) is 1. The van der Waals surface area contributed by atoms with E-state index in [0.717, 1.165) is 6.20 Å². The van der Waals surface area contributed by atoms with Gasteiger partial charge in [0.15, 0.2) is 5.69 Å². The maximum atomic E-state index is 12.5. The van der Waals surface area contributed by atoms with Crippen LogP contribution in [0.3, 0.4) is 0 Å². The van der Waals surface area contributed by atoms with Gasteiger partial charge in [0.2, 0.25) is 5.95 Å². The quantitative estimate of drug-likeness (QED) is 0.695. The van der Waals surface area contributed by atoms with Gasteiger partial charge in [0.05, 0.1) is 12.1 Å². The van der Waals surface area contributed by atoms with E-state index in [4.69, 9.17) is 5.73 Å². The highest BCUT2D eigenvalue weighted by Crippen LogP contribution is 2.29. The predicted molar refractivity (Wildman–Crippen MR) is 52.3 cm³/mol. The fraction of sp³-hybridized carbons (Fsp3) is 0.333. The molecule has 0 amide bonds. The summed E-state index contributed by atoms with van der Waals surface area (Å²) in [5.74, 6) is 4.41. The third kappa shape index (κ3) is 3.10. The highest BCUT2D eigenvalue weighted by molar-refractivity contribution is 5.40. The van der Waals surface area contributed by atoms with E-state index in [9.17, 15) is 13.2 Å². The number of alkyl halides is 3. The lowest BCUT2D eigenvalue weighted by molar-refractivity contribution is -0.141. The van der Waals surface area contributed by atoms with Crippen LogP contribution >= 0.6 is 0 Å². The van der Waals surface area contributed by atoms with Crippen molar-refractivity contribution in [1.29, 1.82) is 0 Å². The van der Waals surface area contributed by atoms with Gasteiger partial charge in [-0.2, -0.15) is 13.2 Å². The molecule has 7 heteroatoms. The lowest BCUT2D eigenvalue weighted by Gasteiger charge is -2.07. The van der Waals surface area contributed by atoms with Crippen LogP contribution in [-0.2, 0) is 6.18 Å². The number of anilines is 1. The Labute approximate surface area is 90.1 Å². The monoisotopic (exact) mass is 230 g/mol. The highest BCUT2D eigenvalue weighted by atomic mass is 19.4. The molecule has 1 aromatic rings. The van der Waals surface area contributed by atoms with Crippen molar-refractivity contribution in [3.05, 3.63) is 17.5 Å². The molecule has 1 rings (SSSR count). The van der Waals surface area contributed by atoms with Gasteiger partial charge in [-0.05, 0) is 7.05 Å². The summed E-state index contributed by atoms with van der Waals surface area (Å²) in [5, 5.41) is 2.69. The molecule has 0 saturated carbocycles. The number of aromatic nitrogens is 2. The van der Waals surface area contributed by atoms with Crippen LogP contribution in [0.4, 0.5) is 19.1 Å². The maximum absolute atomic E-state index is 12.5. The minimum atomic E-state index is -4.58. The molecule has 0 atom stereocenters. The summed E-state index contributed by atoms with van der Waals surface area (Å²) in [5.41, 5.74) is 3.71. The Bertz CT molecular complexity index is 431. The SMILES string of the molecule is CNCC#Cc1cnc(N)nc1C(F)(F)F. The zero-order valence-corrected chi connectivity index (χ0v) is 8.39. The first-order chi connectivity index (χ1) is 7.45. The second kappa shape index (κ2) is 4.81. The average molecular weight is 230 g/mol. The molecule has 0 spiro atoms. The fourth-order valence-electron chi connectivity index (χ4n) is 0.931. The molecule has 0 bridgehead atoms. The summed E-state index contributed by atoms with van der Waals surface area (Å²) >= 11 is 0. The number of nitrogen functional groups attached to an aromatic ring is 1. The summed E-state index contributed by atoms with van der Waals surface area (Å²) < 4.78 is 37.5. The van der Waals surface area contributed by atoms with Crippen LogP contribution in [0.25, 0.3) is 0 Å². The van der Waals surface area contributed by atoms with Crippen molar-refractivity contribution in [2.75, 3.05) is 19.3 Å². The zero-order valence-electron chi connectivity index (χ0n) is 8.39. The normalized spacial score (nSPS) is 10.8. The van der Waals surface area contributed by atoms with Crippen molar-refractivity contribution in [2.24, 2.45) is 0 Å². The van der Waals surface area contributed by atoms with Crippen LogP contribution in [0, 0.1) is 11.8 Å². The first kappa shape index (κ1) is 12.3. The maximum Gasteiger partial charge on any atom is 0.434 e. The van der Waals surface area contributed by atoms with Crippen molar-refractivity contribution >= 4 is 5.95 Å². The summed E-state index contributed by atoms with van der Waals surface area (Å²) in [4.78, 5) is 6.62. The van der Waals surface area contributed by atoms with Gasteiger partial charge in [0, 0.05) is 6.20 Å². The Balaban J connectivity index is 3.15. The second-order valence-electron chi connectivity index (χ2n) is 2.82. The second-order valence-corrected chi connectivity index (χ2v) is 2.82. The minimum absolute atomic E-state index is 0.279. The molecule has 0 aliphatic heterocycles. The van der Waals surface area contributed by atoms with E-state index in [-0.39, 0.29) is 12.1 Å². The molecular weight excluding hydrogens is 221 g/mol. The van der Waals surface area contributed by atoms with Gasteiger partial charge in [0.1, 0.15) is 0 Å². The first-order valence-corrected chi connectivity index (χ1v) is 4.28. The van der Waals surface area contributed by atoms with Gasteiger partial charge in [-0.25, -0.2) is 9.97 Å². The largest absolute Gasteiger partial charge is 0.434 e. The number of hydrogen-bond donors (Lipinski definition) is 2. The molecule has 1 aromatic heterocycles. The first-order valence-electron chi connectivity index (χ1n) is 4.28. The van der Waals surface area contributed by atoms with E-state index in [1.165, 1.54) is 0 Å². The number of hydrogen-bond acceptors (Lipinski definition) is 4. The van der Waals surface area contributed by atoms with Gasteiger partial charge in [-0.1, -0.05) is 11.8 Å². The van der Waals surface area contributed by atoms with Crippen LogP contribution in [0.1, 0.15) is 11.3 Å². The third-order valence-corrected chi connectivity index (χ3v) is 1.56. The van der Waals surface area contributed by atoms with E-state index in [1.54, 1.807) is 7.05 Å². The summed E-state index contributed by atoms with van der Waals surface area (Å²) in [7, 11) is 1.64. The van der Waals surface area contributed by atoms with E-state index in [1.807, 2.05) is 0 Å². The lowest BCUT2D eigenvalue weighted by atomic mass is 10.2. The topological polar surface area (TPSA) is 63.8 Å². The Hall–Kier alpha value is -1.81. The smallest absolute Gasteiger partial charge is 0.368 e.